The van der Waals surface area contributed by atoms with Gasteiger partial charge in [-0.25, -0.2) is 4.79 Å². The summed E-state index contributed by atoms with van der Waals surface area (Å²) in [7, 11) is 1.53. The van der Waals surface area contributed by atoms with Gasteiger partial charge in [-0.1, -0.05) is 30.0 Å². The van der Waals surface area contributed by atoms with E-state index in [9.17, 15) is 14.4 Å². The number of rotatable bonds is 8. The molecule has 1 atom stereocenters. The van der Waals surface area contributed by atoms with Crippen molar-refractivity contribution in [2.75, 3.05) is 20.2 Å². The minimum atomic E-state index is -1.75. The Morgan fingerprint density at radius 2 is 1.57 bits per heavy atom. The van der Waals surface area contributed by atoms with Crippen molar-refractivity contribution in [3.8, 4) is 42.8 Å². The molecule has 152 valence electrons. The van der Waals surface area contributed by atoms with Crippen molar-refractivity contribution in [1.29, 1.82) is 0 Å². The number of urea groups is 1. The van der Waals surface area contributed by atoms with Crippen molar-refractivity contribution in [3.63, 3.8) is 0 Å². The zero-order valence-corrected chi connectivity index (χ0v) is 16.8. The van der Waals surface area contributed by atoms with E-state index < -0.39 is 29.2 Å². The average molecular weight is 402 g/mol. The lowest BCUT2D eigenvalue weighted by atomic mass is 9.65. The fraction of sp³-hybridized carbons (Fsp3) is 0.292. The number of allylic oxidation sites excluding steroid dienone is 1. The first kappa shape index (κ1) is 22.3. The molecule has 1 unspecified atom stereocenters. The lowest BCUT2D eigenvalue weighted by Gasteiger charge is -2.46. The number of imide groups is 2. The maximum Gasteiger partial charge on any atom is 0.335 e. The van der Waals surface area contributed by atoms with Crippen LogP contribution in [0.25, 0.3) is 0 Å². The van der Waals surface area contributed by atoms with Crippen LogP contribution in [-0.2, 0) is 9.59 Å². The number of nitrogens with zero attached hydrogens (tertiary/aromatic N) is 2. The monoisotopic (exact) mass is 402 g/mol. The Morgan fingerprint density at radius 1 is 1.03 bits per heavy atom. The minimum absolute atomic E-state index is 0.232. The van der Waals surface area contributed by atoms with Gasteiger partial charge >= 0.3 is 6.03 Å². The summed E-state index contributed by atoms with van der Waals surface area (Å²) >= 11 is 0. The molecule has 30 heavy (non-hydrogen) atoms. The van der Waals surface area contributed by atoms with E-state index in [0.29, 0.717) is 11.3 Å². The Hall–Kier alpha value is -3.95. The first-order valence-electron chi connectivity index (χ1n) is 9.16. The number of ether oxygens (including phenoxy) is 1. The summed E-state index contributed by atoms with van der Waals surface area (Å²) < 4.78 is 5.19. The number of terminal acetylenes is 3. The number of carbonyl (C=O) groups is 3. The lowest BCUT2D eigenvalue weighted by Crippen LogP contribution is -2.66. The summed E-state index contributed by atoms with van der Waals surface area (Å²) in [6.45, 7) is 3.16. The molecule has 0 N–H and O–H groups in total. The van der Waals surface area contributed by atoms with Gasteiger partial charge in [-0.2, -0.15) is 0 Å². The van der Waals surface area contributed by atoms with Crippen LogP contribution in [0.3, 0.4) is 0 Å². The third kappa shape index (κ3) is 3.66. The minimum Gasteiger partial charge on any atom is -0.497 e. The molecule has 1 saturated heterocycles. The zero-order chi connectivity index (χ0) is 22.3. The smallest absolute Gasteiger partial charge is 0.335 e. The van der Waals surface area contributed by atoms with Crippen LogP contribution in [0.5, 0.6) is 5.75 Å². The highest BCUT2D eigenvalue weighted by Crippen LogP contribution is 2.47. The van der Waals surface area contributed by atoms with Crippen LogP contribution in [0, 0.1) is 42.4 Å². The SMILES string of the molecule is C#CCN1C(=O)N(CC#C)C(=O)C(CC#C)(C(CC=C)c2ccc(OC)cc2)C1=O. The van der Waals surface area contributed by atoms with Gasteiger partial charge in [0.15, 0.2) is 0 Å². The topological polar surface area (TPSA) is 66.9 Å². The maximum absolute atomic E-state index is 13.6. The van der Waals surface area contributed by atoms with Crippen LogP contribution in [0.2, 0.25) is 0 Å². The third-order valence-corrected chi connectivity index (χ3v) is 5.11. The normalized spacial score (nSPS) is 16.3. The van der Waals surface area contributed by atoms with Gasteiger partial charge in [0.25, 0.3) is 0 Å². The maximum atomic E-state index is 13.6. The van der Waals surface area contributed by atoms with Gasteiger partial charge in [-0.05, 0) is 24.1 Å². The largest absolute Gasteiger partial charge is 0.497 e. The molecule has 0 saturated carbocycles. The number of hydrogen-bond acceptors (Lipinski definition) is 4. The Balaban J connectivity index is 2.75. The molecule has 1 heterocycles. The Morgan fingerprint density at radius 3 is 1.97 bits per heavy atom. The quantitative estimate of drug-likeness (QED) is 0.381. The van der Waals surface area contributed by atoms with Crippen LogP contribution in [-0.4, -0.2) is 47.8 Å². The van der Waals surface area contributed by atoms with Gasteiger partial charge in [-0.3, -0.25) is 19.4 Å². The van der Waals surface area contributed by atoms with E-state index in [1.54, 1.807) is 30.3 Å². The van der Waals surface area contributed by atoms with Gasteiger partial charge in [0.05, 0.1) is 20.2 Å². The molecule has 1 aliphatic rings. The average Bonchev–Trinajstić information content (AvgIpc) is 2.76. The Kier molecular flexibility index (Phi) is 7.08. The highest BCUT2D eigenvalue weighted by Gasteiger charge is 2.60. The molecule has 0 radical (unpaired) electrons. The third-order valence-electron chi connectivity index (χ3n) is 5.11. The van der Waals surface area contributed by atoms with Crippen molar-refractivity contribution in [3.05, 3.63) is 42.5 Å². The number of methoxy groups -OCH3 is 1. The van der Waals surface area contributed by atoms with E-state index in [1.807, 2.05) is 0 Å². The Bertz CT molecular complexity index is 934. The van der Waals surface area contributed by atoms with Gasteiger partial charge in [-0.15, -0.1) is 31.8 Å². The molecule has 0 spiro atoms. The van der Waals surface area contributed by atoms with Crippen LogP contribution < -0.4 is 4.74 Å². The fourth-order valence-electron chi connectivity index (χ4n) is 3.71. The standard InChI is InChI=1S/C24H22N2O4/c1-6-10-20(18-11-13-19(30-5)14-12-18)24(15-7-2)21(27)25(16-8-3)23(29)26(17-9-4)22(24)28/h2-4,6,11-14,20H,1,10,15-17H2,5H3. The number of amides is 4. The van der Waals surface area contributed by atoms with Crippen molar-refractivity contribution < 1.29 is 19.1 Å². The molecule has 2 rings (SSSR count). The number of benzene rings is 1. The van der Waals surface area contributed by atoms with E-state index >= 15 is 0 Å². The molecule has 0 bridgehead atoms. The predicted octanol–water partition coefficient (Wildman–Crippen LogP) is 2.42. The molecule has 0 aliphatic carbocycles. The van der Waals surface area contributed by atoms with E-state index in [4.69, 9.17) is 24.0 Å². The van der Waals surface area contributed by atoms with Gasteiger partial charge in [0.2, 0.25) is 11.8 Å². The van der Waals surface area contributed by atoms with Crippen LogP contribution in [0.4, 0.5) is 4.79 Å². The summed E-state index contributed by atoms with van der Waals surface area (Å²) in [5.41, 5.74) is -1.08. The number of hydrogen-bond donors (Lipinski definition) is 0. The molecule has 4 amide bonds. The molecule has 6 nitrogen and oxygen atoms in total. The molecule has 1 aromatic carbocycles. The van der Waals surface area contributed by atoms with Crippen LogP contribution >= 0.6 is 0 Å². The number of carbonyl (C=O) groups excluding carboxylic acids is 3. The summed E-state index contributed by atoms with van der Waals surface area (Å²) in [6.07, 6.45) is 18.0. The molecular formula is C24H22N2O4. The van der Waals surface area contributed by atoms with Crippen molar-refractivity contribution in [2.24, 2.45) is 5.41 Å². The van der Waals surface area contributed by atoms with Crippen molar-refractivity contribution in [2.45, 2.75) is 18.8 Å². The first-order chi connectivity index (χ1) is 14.4. The molecule has 1 aromatic rings. The lowest BCUT2D eigenvalue weighted by molar-refractivity contribution is -0.159. The molecule has 1 fully saturated rings. The molecule has 1 aliphatic heterocycles. The zero-order valence-electron chi connectivity index (χ0n) is 16.8. The van der Waals surface area contributed by atoms with E-state index in [0.717, 1.165) is 9.80 Å². The number of barbiturate groups is 1. The van der Waals surface area contributed by atoms with Crippen LogP contribution in [0.1, 0.15) is 24.3 Å². The molecular weight excluding hydrogens is 380 g/mol. The van der Waals surface area contributed by atoms with Crippen molar-refractivity contribution >= 4 is 17.8 Å². The highest BCUT2D eigenvalue weighted by atomic mass is 16.5. The summed E-state index contributed by atoms with van der Waals surface area (Å²) in [4.78, 5) is 41.6. The van der Waals surface area contributed by atoms with E-state index in [1.165, 1.54) is 7.11 Å². The molecule has 6 heteroatoms. The van der Waals surface area contributed by atoms with Gasteiger partial charge in [0.1, 0.15) is 11.2 Å². The fourth-order valence-corrected chi connectivity index (χ4v) is 3.71. The first-order valence-corrected chi connectivity index (χ1v) is 9.16. The van der Waals surface area contributed by atoms with Gasteiger partial charge in [0, 0.05) is 12.3 Å². The molecule has 0 aromatic heterocycles. The van der Waals surface area contributed by atoms with E-state index in [2.05, 4.69) is 24.3 Å². The van der Waals surface area contributed by atoms with Crippen LogP contribution in [0.15, 0.2) is 36.9 Å². The summed E-state index contributed by atoms with van der Waals surface area (Å²) in [6, 6.07) is 6.09. The highest BCUT2D eigenvalue weighted by molar-refractivity contribution is 6.20. The van der Waals surface area contributed by atoms with Crippen molar-refractivity contribution in [1.82, 2.24) is 9.80 Å². The second kappa shape index (κ2) is 9.50. The summed E-state index contributed by atoms with van der Waals surface area (Å²) in [5, 5.41) is 0. The summed E-state index contributed by atoms with van der Waals surface area (Å²) in [5.74, 6) is 5.48. The second-order valence-corrected chi connectivity index (χ2v) is 6.68. The Labute approximate surface area is 176 Å². The van der Waals surface area contributed by atoms with Gasteiger partial charge < -0.3 is 4.74 Å². The predicted molar refractivity (Wildman–Crippen MR) is 113 cm³/mol. The van der Waals surface area contributed by atoms with E-state index in [-0.39, 0.29) is 25.9 Å². The second-order valence-electron chi connectivity index (χ2n) is 6.68.